The Bertz CT molecular complexity index is 3690. The molecule has 3 aliphatic heterocycles. The van der Waals surface area contributed by atoms with Crippen molar-refractivity contribution in [3.05, 3.63) is 0 Å². The number of hydroxylamine groups is 1. The Labute approximate surface area is 844 Å². The number of piperidine rings is 2. The minimum Gasteiger partial charge on any atom is -0.469 e. The molecule has 3 heterocycles. The van der Waals surface area contributed by atoms with Gasteiger partial charge in [0.2, 0.25) is 63.2 Å². The predicted molar refractivity (Wildman–Crippen MR) is 519 cm³/mol. The summed E-state index contributed by atoms with van der Waals surface area (Å²) in [4.78, 5) is 258. The Morgan fingerprint density at radius 2 is 0.826 bits per heavy atom. The van der Waals surface area contributed by atoms with Crippen LogP contribution in [-0.4, -0.2) is 451 Å². The lowest BCUT2D eigenvalue weighted by molar-refractivity contribution is -0.150. The Balaban J connectivity index is -0.000000116. The summed E-state index contributed by atoms with van der Waals surface area (Å²) in [6.45, 7) is 21.0. The summed E-state index contributed by atoms with van der Waals surface area (Å²) in [7, 11) is 28.1. The summed E-state index contributed by atoms with van der Waals surface area (Å²) in [5.41, 5.74) is 1.85. The maximum atomic E-state index is 11.1. The highest BCUT2D eigenvalue weighted by Crippen LogP contribution is 2.17. The molecule has 3 aliphatic rings. The molecular weight excluding hydrogens is 1950 g/mol. The van der Waals surface area contributed by atoms with E-state index < -0.39 is 75.3 Å². The molecule has 3 saturated heterocycles. The van der Waals surface area contributed by atoms with Crippen molar-refractivity contribution in [1.82, 2.24) is 93.6 Å². The smallest absolute Gasteiger partial charge is 0.332 e. The van der Waals surface area contributed by atoms with Gasteiger partial charge in [-0.2, -0.15) is 0 Å². The average Bonchev–Trinajstić information content (AvgIpc) is 0.943. The fourth-order valence-corrected chi connectivity index (χ4v) is 8.63. The standard InChI is InChI=1S/C9H15NO3.C8H15NO4S.C7H14N2O2.C6H12N2O3.2C6H11NO3.C6H11NO2.C5H10N2O2.C5H11NO2.C5H10O3.C4H8N2O3.C4H8N2O2.C4H9NO2.C4H8O3.C3H7NO.C3H6O2/c1-7(11)10-5-3-9(4-6-10)13-8(2)12;1-7(10)13-8-3-5-9(6-4-8)14(2,11)12;1-8-6(10)4-5-7(11)9(2)3;1-7-5(9)6(10)8-3-4-11-2;1-5(8)7-3-4-10-6(2)9;1-4(5(8)7-2)6(9)10-3;1-7-6(8)5-3-2-4-9-5;1-6-4(8)5(9)7(2)3;1-4(7)3-5(8)6-2;1-5(6)8-4-3-7-2;1-5-3(7)4(8)6-9-2;1-5-3(7)4(8)6-2;1-5-4(6)3-7-2;1-4(6)7-3-2-5;1-3(5)4-2;1-3(4)5-2/h9H,3-6H2,1-2H3;8H,3-6H2,1-2H3;4-5H2,1-3H3,(H,8,10);3-4H2,1-2H3,(H,7,9)(H,8,10);3-4H2,1-2H3,(H,7,8);4H,1-3H3,(H,7,8);5H,2-4H2,1H3,(H,7,8);1-3H3,(H,6,8);4,7H,3H2,1-2H3,(H,6,8);3-4H2,1-2H3;1-2H3,(H,5,7)(H,6,8);1-2H3,(H,5,7)(H,6,8);3H2,1-2H3,(H,5,6);5H,2-3H2,1H3;1-2H3,(H,4,5);1-2H3. The summed E-state index contributed by atoms with van der Waals surface area (Å²) >= 11 is 0. The number of likely N-dealkylation sites (N-methyl/N-ethyl adjacent to an activating group) is 8. The maximum Gasteiger partial charge on any atom is 0.332 e. The van der Waals surface area contributed by atoms with Crippen LogP contribution in [0.2, 0.25) is 0 Å². The molecule has 3 fully saturated rings. The number of methoxy groups -OCH3 is 5. The molecule has 3 atom stereocenters. The highest BCUT2D eigenvalue weighted by atomic mass is 32.2. The molecule has 0 aromatic rings. The van der Waals surface area contributed by atoms with Gasteiger partial charge in [-0.15, -0.1) is 0 Å². The number of carbonyl (C=O) groups excluding carboxylic acids is 24. The summed E-state index contributed by atoms with van der Waals surface area (Å²) in [5, 5.41) is 46.9. The third kappa shape index (κ3) is 125. The number of likely N-dealkylation sites (tertiary alicyclic amines) is 1. The third-order valence-corrected chi connectivity index (χ3v) is 16.6. The molecule has 144 heavy (non-hydrogen) atoms. The molecule has 3 unspecified atom stereocenters. The van der Waals surface area contributed by atoms with Gasteiger partial charge in [-0.05, 0) is 39.5 Å². The zero-order chi connectivity index (χ0) is 115. The van der Waals surface area contributed by atoms with E-state index in [-0.39, 0.29) is 153 Å². The zero-order valence-electron chi connectivity index (χ0n) is 89.8. The van der Waals surface area contributed by atoms with Gasteiger partial charge in [-0.1, -0.05) is 0 Å². The van der Waals surface area contributed by atoms with Gasteiger partial charge in [0.05, 0.1) is 66.5 Å². The van der Waals surface area contributed by atoms with Gasteiger partial charge in [-0.3, -0.25) is 120 Å². The van der Waals surface area contributed by atoms with E-state index in [1.165, 1.54) is 175 Å². The van der Waals surface area contributed by atoms with Crippen molar-refractivity contribution >= 4 is 152 Å². The van der Waals surface area contributed by atoms with Crippen molar-refractivity contribution in [3.63, 3.8) is 0 Å². The van der Waals surface area contributed by atoms with Gasteiger partial charge < -0.3 is 146 Å². The van der Waals surface area contributed by atoms with Crippen LogP contribution in [0.1, 0.15) is 134 Å². The number of sulfonamides is 1. The topological polar surface area (TPSA) is 776 Å². The molecule has 3 rings (SSSR count). The number of rotatable bonds is 25. The van der Waals surface area contributed by atoms with E-state index in [0.29, 0.717) is 71.9 Å². The molecule has 17 amide bonds. The first-order chi connectivity index (χ1) is 67.0. The van der Waals surface area contributed by atoms with Gasteiger partial charge in [0.1, 0.15) is 50.7 Å². The highest BCUT2D eigenvalue weighted by molar-refractivity contribution is 7.88. The molecule has 59 heteroatoms. The van der Waals surface area contributed by atoms with E-state index in [9.17, 15) is 123 Å². The summed E-state index contributed by atoms with van der Waals surface area (Å²) in [6.07, 6.45) is 5.72. The molecule has 0 radical (unpaired) electrons. The van der Waals surface area contributed by atoms with E-state index >= 15 is 0 Å². The van der Waals surface area contributed by atoms with Crippen LogP contribution in [0.25, 0.3) is 0 Å². The van der Waals surface area contributed by atoms with Crippen molar-refractivity contribution in [2.24, 2.45) is 5.92 Å². The molecule has 16 N–H and O–H groups in total. The highest BCUT2D eigenvalue weighted by Gasteiger charge is 2.27. The molecule has 0 aromatic carbocycles. The molecule has 0 aromatic heterocycles. The van der Waals surface area contributed by atoms with E-state index in [1.54, 1.807) is 75.2 Å². The largest absolute Gasteiger partial charge is 0.469 e. The lowest BCUT2D eigenvalue weighted by atomic mass is 10.1. The van der Waals surface area contributed by atoms with Crippen molar-refractivity contribution in [1.29, 1.82) is 0 Å². The van der Waals surface area contributed by atoms with E-state index in [2.05, 4.69) is 112 Å². The van der Waals surface area contributed by atoms with E-state index in [0.717, 1.165) is 32.3 Å². The molecule has 0 aliphatic carbocycles. The Morgan fingerprint density at radius 1 is 0.424 bits per heavy atom. The number of amides is 17. The van der Waals surface area contributed by atoms with Crippen molar-refractivity contribution in [2.45, 2.75) is 158 Å². The Hall–Kier alpha value is -13.1. The number of nitrogens with one attached hydrogen (secondary N) is 14. The second kappa shape index (κ2) is 109. The van der Waals surface area contributed by atoms with Gasteiger partial charge in [0.15, 0.2) is 0 Å². The first kappa shape index (κ1) is 159. The molecular formula is C85H166N18O40S. The number of esters is 7. The summed E-state index contributed by atoms with van der Waals surface area (Å²) in [6, 6.07) is 0. The van der Waals surface area contributed by atoms with Gasteiger partial charge in [-0.25, -0.2) is 18.2 Å². The van der Waals surface area contributed by atoms with Crippen LogP contribution in [0.4, 0.5) is 0 Å². The maximum absolute atomic E-state index is 11.1. The molecule has 58 nitrogen and oxygen atoms in total. The Morgan fingerprint density at radius 3 is 1.10 bits per heavy atom. The lowest BCUT2D eigenvalue weighted by Crippen LogP contribution is -2.40. The number of nitrogens with zero attached hydrogens (tertiary/aromatic N) is 4. The minimum atomic E-state index is -3.08. The van der Waals surface area contributed by atoms with Crippen LogP contribution in [0, 0.1) is 5.92 Å². The number of aliphatic hydroxyl groups excluding tert-OH is 2. The fraction of sp³-hybridized carbons (Fsp3) is 0.718. The van der Waals surface area contributed by atoms with Gasteiger partial charge in [0.25, 0.3) is 0 Å². The molecule has 0 bridgehead atoms. The van der Waals surface area contributed by atoms with Crippen LogP contribution in [0.15, 0.2) is 0 Å². The number of ether oxygens (including phenoxy) is 11. The Kier molecular flexibility index (Phi) is 120. The monoisotopic (exact) mass is 2110 g/mol. The van der Waals surface area contributed by atoms with Crippen LogP contribution in [-0.2, 0) is 182 Å². The quantitative estimate of drug-likeness (QED) is 0.0101. The van der Waals surface area contributed by atoms with Gasteiger partial charge >= 0.3 is 89.0 Å². The average molecular weight is 2110 g/mol. The first-order valence-electron chi connectivity index (χ1n) is 43.5. The van der Waals surface area contributed by atoms with E-state index in [1.807, 2.05) is 5.48 Å². The number of aliphatic hydroxyl groups is 2. The van der Waals surface area contributed by atoms with Gasteiger partial charge in [0, 0.05) is 254 Å². The van der Waals surface area contributed by atoms with Crippen molar-refractivity contribution in [3.8, 4) is 0 Å². The summed E-state index contributed by atoms with van der Waals surface area (Å²) < 4.78 is 74.4. The lowest BCUT2D eigenvalue weighted by Gasteiger charge is -2.30. The van der Waals surface area contributed by atoms with Crippen LogP contribution < -0.4 is 74.6 Å². The number of hydrogen-bond acceptors (Lipinski definition) is 40. The first-order valence-corrected chi connectivity index (χ1v) is 45.4. The van der Waals surface area contributed by atoms with Crippen molar-refractivity contribution in [2.75, 3.05) is 247 Å². The normalized spacial score (nSPS) is 12.0. The number of carbonyl (C=O) groups is 24. The second-order valence-electron chi connectivity index (χ2n) is 27.8. The van der Waals surface area contributed by atoms with E-state index in [4.69, 9.17) is 24.4 Å². The van der Waals surface area contributed by atoms with Crippen LogP contribution in [0.3, 0.4) is 0 Å². The molecule has 0 spiro atoms. The van der Waals surface area contributed by atoms with Crippen molar-refractivity contribution < 1.29 is 191 Å². The zero-order valence-corrected chi connectivity index (χ0v) is 90.6. The van der Waals surface area contributed by atoms with Crippen LogP contribution in [0.5, 0.6) is 0 Å². The summed E-state index contributed by atoms with van der Waals surface area (Å²) in [5.74, 6) is -8.78. The SMILES string of the molecule is CC(=O)NCCOC(C)=O.CC(=O)OC1CCN(C(C)=O)CC1.CC(=O)OC1CCN(S(C)(=O)=O)CC1.CC(=O)OCCO.CNC(=O)C(=O)N(C)C.CNC(=O)C(=O)NC.CNC(=O)C(=O)NCCOC.CNC(=O)C(=O)NOC.CNC(=O)C(C)C(=O)OC.CNC(=O)C1CCCO1.CNC(=O)CC(C)O.CNC(=O)CCC(=O)N(C)C.CNC(=O)COC.CNC(C)=O.COC(C)=O.COCCOC(C)=O. The minimum absolute atomic E-state index is 0.00463. The third-order valence-electron chi connectivity index (χ3n) is 15.3. The number of hydrogen-bond donors (Lipinski definition) is 16. The fourth-order valence-electron chi connectivity index (χ4n) is 7.76. The van der Waals surface area contributed by atoms with Crippen LogP contribution >= 0.6 is 0 Å². The molecule has 842 valence electrons. The second-order valence-corrected chi connectivity index (χ2v) is 29.7. The molecule has 0 saturated carbocycles. The predicted octanol–water partition coefficient (Wildman–Crippen LogP) is -7.97.